The third-order valence-electron chi connectivity index (χ3n) is 3.94. The molecular weight excluding hydrogens is 403 g/mol. The maximum atomic E-state index is 8.96. The highest BCUT2D eigenvalue weighted by atomic mass is 127. The molecule has 1 aromatic rings. The van der Waals surface area contributed by atoms with Crippen LogP contribution in [0.3, 0.4) is 0 Å². The van der Waals surface area contributed by atoms with Gasteiger partial charge >= 0.3 is 0 Å². The summed E-state index contributed by atoms with van der Waals surface area (Å²) in [6, 6.07) is 10.9. The monoisotopic (exact) mass is 432 g/mol. The van der Waals surface area contributed by atoms with Gasteiger partial charge in [-0.25, -0.2) is 0 Å². The van der Waals surface area contributed by atoms with Gasteiger partial charge in [0.15, 0.2) is 5.96 Å². The summed E-state index contributed by atoms with van der Waals surface area (Å²) in [6.07, 6.45) is 2.55. The molecule has 0 saturated carbocycles. The highest BCUT2D eigenvalue weighted by Gasteiger charge is 2.23. The number of aliphatic hydroxyl groups is 1. The minimum absolute atomic E-state index is 0. The van der Waals surface area contributed by atoms with Crippen LogP contribution in [-0.4, -0.2) is 55.3 Å². The molecule has 0 amide bonds. The van der Waals surface area contributed by atoms with E-state index in [4.69, 9.17) is 10.1 Å². The van der Waals surface area contributed by atoms with Crippen LogP contribution in [0.15, 0.2) is 35.3 Å². The fraction of sp³-hybridized carbons (Fsp3) is 0.588. The van der Waals surface area contributed by atoms with Gasteiger partial charge < -0.3 is 15.7 Å². The molecule has 0 aliphatic carbocycles. The SMILES string of the molecule is CCNC(=NCC(c1ccccc1)N1CCCC1)NCCO.I. The zero-order valence-electron chi connectivity index (χ0n) is 13.9. The van der Waals surface area contributed by atoms with Gasteiger partial charge in [-0.05, 0) is 38.4 Å². The van der Waals surface area contributed by atoms with E-state index in [-0.39, 0.29) is 30.6 Å². The predicted octanol–water partition coefficient (Wildman–Crippen LogP) is 1.99. The van der Waals surface area contributed by atoms with Gasteiger partial charge in [0.2, 0.25) is 0 Å². The van der Waals surface area contributed by atoms with Gasteiger partial charge in [0.05, 0.1) is 19.2 Å². The number of halogens is 1. The number of hydrogen-bond acceptors (Lipinski definition) is 3. The summed E-state index contributed by atoms with van der Waals surface area (Å²) >= 11 is 0. The Morgan fingerprint density at radius 3 is 2.52 bits per heavy atom. The normalized spacial score (nSPS) is 16.7. The van der Waals surface area contributed by atoms with Crippen molar-refractivity contribution < 1.29 is 5.11 Å². The second-order valence-electron chi connectivity index (χ2n) is 5.54. The van der Waals surface area contributed by atoms with Crippen LogP contribution in [0.1, 0.15) is 31.4 Å². The number of guanidine groups is 1. The number of aliphatic imine (C=N–C) groups is 1. The molecular formula is C17H29IN4O. The van der Waals surface area contributed by atoms with Crippen LogP contribution in [-0.2, 0) is 0 Å². The number of nitrogens with zero attached hydrogens (tertiary/aromatic N) is 2. The number of likely N-dealkylation sites (tertiary alicyclic amines) is 1. The van der Waals surface area contributed by atoms with Crippen LogP contribution in [0.25, 0.3) is 0 Å². The Bertz CT molecular complexity index is 449. The van der Waals surface area contributed by atoms with Gasteiger partial charge in [0.1, 0.15) is 0 Å². The summed E-state index contributed by atoms with van der Waals surface area (Å²) in [5.74, 6) is 0.775. The fourth-order valence-corrected chi connectivity index (χ4v) is 2.85. The van der Waals surface area contributed by atoms with Crippen LogP contribution in [0.4, 0.5) is 0 Å². The van der Waals surface area contributed by atoms with Crippen LogP contribution < -0.4 is 10.6 Å². The molecule has 1 aromatic carbocycles. The van der Waals surface area contributed by atoms with Crippen molar-refractivity contribution in [2.75, 3.05) is 39.3 Å². The second kappa shape index (κ2) is 11.6. The Labute approximate surface area is 156 Å². The van der Waals surface area contributed by atoms with Crippen LogP contribution in [0, 0.1) is 0 Å². The van der Waals surface area contributed by atoms with Gasteiger partial charge in [-0.1, -0.05) is 30.3 Å². The lowest BCUT2D eigenvalue weighted by Crippen LogP contribution is -2.39. The van der Waals surface area contributed by atoms with E-state index < -0.39 is 0 Å². The van der Waals surface area contributed by atoms with Crippen molar-refractivity contribution in [1.82, 2.24) is 15.5 Å². The fourth-order valence-electron chi connectivity index (χ4n) is 2.85. The number of rotatable bonds is 7. The molecule has 130 valence electrons. The van der Waals surface area contributed by atoms with Crippen molar-refractivity contribution in [3.05, 3.63) is 35.9 Å². The molecule has 23 heavy (non-hydrogen) atoms. The first-order valence-corrected chi connectivity index (χ1v) is 8.27. The molecule has 5 nitrogen and oxygen atoms in total. The van der Waals surface area contributed by atoms with E-state index in [2.05, 4.69) is 45.9 Å². The largest absolute Gasteiger partial charge is 0.395 e. The average molecular weight is 432 g/mol. The zero-order valence-corrected chi connectivity index (χ0v) is 16.2. The van der Waals surface area contributed by atoms with E-state index in [1.807, 2.05) is 6.92 Å². The molecule has 6 heteroatoms. The number of aliphatic hydroxyl groups excluding tert-OH is 1. The first-order chi connectivity index (χ1) is 10.8. The molecule has 3 N–H and O–H groups in total. The minimum Gasteiger partial charge on any atom is -0.395 e. The Kier molecular flexibility index (Phi) is 10.2. The molecule has 2 rings (SSSR count). The summed E-state index contributed by atoms with van der Waals surface area (Å²) in [6.45, 7) is 6.52. The number of benzene rings is 1. The molecule has 1 fully saturated rings. The topological polar surface area (TPSA) is 59.9 Å². The molecule has 1 aliphatic rings. The van der Waals surface area contributed by atoms with Crippen LogP contribution in [0.2, 0.25) is 0 Å². The van der Waals surface area contributed by atoms with Gasteiger partial charge in [0, 0.05) is 13.1 Å². The lowest BCUT2D eigenvalue weighted by Gasteiger charge is -2.27. The van der Waals surface area contributed by atoms with E-state index in [1.54, 1.807) is 0 Å². The lowest BCUT2D eigenvalue weighted by molar-refractivity contribution is 0.251. The van der Waals surface area contributed by atoms with Crippen LogP contribution in [0.5, 0.6) is 0 Å². The van der Waals surface area contributed by atoms with Crippen LogP contribution >= 0.6 is 24.0 Å². The number of hydrogen-bond donors (Lipinski definition) is 3. The zero-order chi connectivity index (χ0) is 15.6. The summed E-state index contributed by atoms with van der Waals surface area (Å²) < 4.78 is 0. The molecule has 0 spiro atoms. The third kappa shape index (κ3) is 6.64. The standard InChI is InChI=1S/C17H28N4O.HI/c1-2-18-17(19-10-13-22)20-14-16(21-11-6-7-12-21)15-8-4-3-5-9-15;/h3-5,8-9,16,22H,2,6-7,10-14H2,1H3,(H2,18,19,20);1H. The molecule has 0 radical (unpaired) electrons. The molecule has 1 aliphatic heterocycles. The van der Waals surface area contributed by atoms with Crippen molar-refractivity contribution in [1.29, 1.82) is 0 Å². The van der Waals surface area contributed by atoms with Gasteiger partial charge in [0.25, 0.3) is 0 Å². The Morgan fingerprint density at radius 2 is 1.91 bits per heavy atom. The summed E-state index contributed by atoms with van der Waals surface area (Å²) in [5, 5.41) is 15.3. The van der Waals surface area contributed by atoms with Gasteiger partial charge in [-0.2, -0.15) is 0 Å². The Hall–Kier alpha value is -0.860. The molecule has 1 unspecified atom stereocenters. The van der Waals surface area contributed by atoms with Gasteiger partial charge in [-0.3, -0.25) is 9.89 Å². The van der Waals surface area contributed by atoms with E-state index in [0.717, 1.165) is 32.1 Å². The lowest BCUT2D eigenvalue weighted by atomic mass is 10.1. The van der Waals surface area contributed by atoms with E-state index in [1.165, 1.54) is 18.4 Å². The molecule has 1 atom stereocenters. The van der Waals surface area contributed by atoms with E-state index >= 15 is 0 Å². The second-order valence-corrected chi connectivity index (χ2v) is 5.54. The van der Waals surface area contributed by atoms with Crippen molar-refractivity contribution >= 4 is 29.9 Å². The molecule has 1 heterocycles. The van der Waals surface area contributed by atoms with Crippen molar-refractivity contribution in [3.63, 3.8) is 0 Å². The summed E-state index contributed by atoms with van der Waals surface area (Å²) in [5.41, 5.74) is 1.33. The maximum Gasteiger partial charge on any atom is 0.191 e. The quantitative estimate of drug-likeness (QED) is 0.351. The van der Waals surface area contributed by atoms with E-state index in [9.17, 15) is 0 Å². The maximum absolute atomic E-state index is 8.96. The third-order valence-corrected chi connectivity index (χ3v) is 3.94. The Morgan fingerprint density at radius 1 is 1.22 bits per heavy atom. The molecule has 0 aromatic heterocycles. The van der Waals surface area contributed by atoms with Crippen molar-refractivity contribution in [3.8, 4) is 0 Å². The molecule has 1 saturated heterocycles. The average Bonchev–Trinajstić information content (AvgIpc) is 3.08. The molecule has 0 bridgehead atoms. The van der Waals surface area contributed by atoms with Crippen molar-refractivity contribution in [2.45, 2.75) is 25.8 Å². The Balaban J connectivity index is 0.00000264. The summed E-state index contributed by atoms with van der Waals surface area (Å²) in [7, 11) is 0. The number of nitrogens with one attached hydrogen (secondary N) is 2. The highest BCUT2D eigenvalue weighted by Crippen LogP contribution is 2.25. The van der Waals surface area contributed by atoms with E-state index in [0.29, 0.717) is 12.6 Å². The first kappa shape index (κ1) is 20.2. The van der Waals surface area contributed by atoms with Gasteiger partial charge in [-0.15, -0.1) is 24.0 Å². The minimum atomic E-state index is 0. The smallest absolute Gasteiger partial charge is 0.191 e. The predicted molar refractivity (Wildman–Crippen MR) is 106 cm³/mol. The van der Waals surface area contributed by atoms with Crippen molar-refractivity contribution in [2.24, 2.45) is 4.99 Å². The summed E-state index contributed by atoms with van der Waals surface area (Å²) in [4.78, 5) is 7.24. The first-order valence-electron chi connectivity index (χ1n) is 8.27. The highest BCUT2D eigenvalue weighted by molar-refractivity contribution is 14.0.